The maximum atomic E-state index is 12.3. The smallest absolute Gasteiger partial charge is 0.317 e. The fraction of sp³-hybridized carbons (Fsp3) is 0.389. The Bertz CT molecular complexity index is 705. The zero-order valence-corrected chi connectivity index (χ0v) is 13.9. The zero-order chi connectivity index (χ0) is 16.9. The number of furan rings is 1. The molecular weight excluding hydrogens is 306 g/mol. The second-order valence-corrected chi connectivity index (χ2v) is 5.95. The van der Waals surface area contributed by atoms with Crippen molar-refractivity contribution < 1.29 is 13.9 Å². The molecule has 0 radical (unpaired) electrons. The van der Waals surface area contributed by atoms with Gasteiger partial charge in [-0.2, -0.15) is 0 Å². The Morgan fingerprint density at radius 2 is 2.17 bits per heavy atom. The zero-order valence-electron chi connectivity index (χ0n) is 13.9. The van der Waals surface area contributed by atoms with Crippen LogP contribution >= 0.6 is 0 Å². The van der Waals surface area contributed by atoms with Gasteiger partial charge in [-0.15, -0.1) is 0 Å². The first-order chi connectivity index (χ1) is 11.6. The molecule has 6 heteroatoms. The summed E-state index contributed by atoms with van der Waals surface area (Å²) in [6.45, 7) is 5.10. The minimum absolute atomic E-state index is 0.0407. The third kappa shape index (κ3) is 4.22. The van der Waals surface area contributed by atoms with Gasteiger partial charge in [-0.25, -0.2) is 9.97 Å². The van der Waals surface area contributed by atoms with E-state index in [1.807, 2.05) is 26.0 Å². The number of hydrogen-bond acceptors (Lipinski definition) is 5. The summed E-state index contributed by atoms with van der Waals surface area (Å²) in [5, 5.41) is 0. The number of carbonyl (C=O) groups excluding carboxylic acids is 1. The lowest BCUT2D eigenvalue weighted by Gasteiger charge is -2.31. The summed E-state index contributed by atoms with van der Waals surface area (Å²) in [6, 6.07) is 5.89. The van der Waals surface area contributed by atoms with Gasteiger partial charge >= 0.3 is 6.01 Å². The van der Waals surface area contributed by atoms with Crippen molar-refractivity contribution in [3.05, 3.63) is 47.7 Å². The SMILES string of the molecule is Cc1cc(C)nc(OC2CCCN(C(=O)/C=C/c3ccco3)C2)n1. The predicted molar refractivity (Wildman–Crippen MR) is 89.5 cm³/mol. The number of aromatic nitrogens is 2. The van der Waals surface area contributed by atoms with E-state index in [0.717, 1.165) is 30.8 Å². The maximum absolute atomic E-state index is 12.3. The van der Waals surface area contributed by atoms with E-state index in [-0.39, 0.29) is 12.0 Å². The van der Waals surface area contributed by atoms with Crippen LogP contribution in [-0.2, 0) is 4.79 Å². The molecule has 0 aliphatic carbocycles. The number of ether oxygens (including phenoxy) is 1. The highest BCUT2D eigenvalue weighted by molar-refractivity contribution is 5.91. The molecule has 126 valence electrons. The van der Waals surface area contributed by atoms with Crippen LogP contribution < -0.4 is 4.74 Å². The number of nitrogens with zero attached hydrogens (tertiary/aromatic N) is 3. The summed E-state index contributed by atoms with van der Waals surface area (Å²) < 4.78 is 11.1. The number of rotatable bonds is 4. The van der Waals surface area contributed by atoms with Crippen LogP contribution in [0.15, 0.2) is 35.0 Å². The Balaban J connectivity index is 1.60. The lowest BCUT2D eigenvalue weighted by atomic mass is 10.1. The van der Waals surface area contributed by atoms with Gasteiger partial charge in [0.2, 0.25) is 5.91 Å². The van der Waals surface area contributed by atoms with E-state index in [1.165, 1.54) is 6.08 Å². The van der Waals surface area contributed by atoms with Crippen LogP contribution in [0.2, 0.25) is 0 Å². The van der Waals surface area contributed by atoms with Gasteiger partial charge in [-0.3, -0.25) is 4.79 Å². The van der Waals surface area contributed by atoms with E-state index in [0.29, 0.717) is 18.3 Å². The van der Waals surface area contributed by atoms with Crippen LogP contribution in [0.25, 0.3) is 6.08 Å². The first-order valence-corrected chi connectivity index (χ1v) is 8.09. The van der Waals surface area contributed by atoms with Gasteiger partial charge in [0, 0.05) is 24.0 Å². The molecule has 1 atom stereocenters. The number of amides is 1. The maximum Gasteiger partial charge on any atom is 0.317 e. The highest BCUT2D eigenvalue weighted by Crippen LogP contribution is 2.17. The van der Waals surface area contributed by atoms with Crippen molar-refractivity contribution in [1.29, 1.82) is 0 Å². The quantitative estimate of drug-likeness (QED) is 0.808. The molecule has 1 amide bonds. The molecule has 24 heavy (non-hydrogen) atoms. The largest absolute Gasteiger partial charge is 0.465 e. The van der Waals surface area contributed by atoms with Crippen LogP contribution in [0.5, 0.6) is 6.01 Å². The highest BCUT2D eigenvalue weighted by atomic mass is 16.5. The van der Waals surface area contributed by atoms with E-state index in [9.17, 15) is 4.79 Å². The molecule has 1 aliphatic heterocycles. The Hall–Kier alpha value is -2.63. The van der Waals surface area contributed by atoms with Gasteiger partial charge in [0.25, 0.3) is 0 Å². The first-order valence-electron chi connectivity index (χ1n) is 8.09. The Kier molecular flexibility index (Phi) is 4.93. The molecule has 0 spiro atoms. The molecule has 2 aromatic rings. The number of piperidine rings is 1. The third-order valence-electron chi connectivity index (χ3n) is 3.86. The normalized spacial score (nSPS) is 18.1. The lowest BCUT2D eigenvalue weighted by molar-refractivity contribution is -0.128. The van der Waals surface area contributed by atoms with Gasteiger partial charge in [0.05, 0.1) is 12.8 Å². The van der Waals surface area contributed by atoms with Crippen molar-refractivity contribution in [2.45, 2.75) is 32.8 Å². The predicted octanol–water partition coefficient (Wildman–Crippen LogP) is 2.77. The molecule has 3 rings (SSSR count). The van der Waals surface area contributed by atoms with E-state index >= 15 is 0 Å². The third-order valence-corrected chi connectivity index (χ3v) is 3.86. The van der Waals surface area contributed by atoms with E-state index in [4.69, 9.17) is 9.15 Å². The Labute approximate surface area is 141 Å². The van der Waals surface area contributed by atoms with Crippen molar-refractivity contribution in [3.8, 4) is 6.01 Å². The average molecular weight is 327 g/mol. The number of carbonyl (C=O) groups is 1. The van der Waals surface area contributed by atoms with E-state index < -0.39 is 0 Å². The molecule has 0 saturated carbocycles. The van der Waals surface area contributed by atoms with Crippen molar-refractivity contribution in [1.82, 2.24) is 14.9 Å². The second kappa shape index (κ2) is 7.29. The lowest BCUT2D eigenvalue weighted by Crippen LogP contribution is -2.43. The topological polar surface area (TPSA) is 68.5 Å². The minimum atomic E-state index is -0.0825. The van der Waals surface area contributed by atoms with Crippen LogP contribution in [0, 0.1) is 13.8 Å². The van der Waals surface area contributed by atoms with Crippen LogP contribution in [0.4, 0.5) is 0 Å². The second-order valence-electron chi connectivity index (χ2n) is 5.95. The molecule has 1 saturated heterocycles. The highest BCUT2D eigenvalue weighted by Gasteiger charge is 2.24. The molecule has 0 bridgehead atoms. The monoisotopic (exact) mass is 327 g/mol. The molecule has 0 aromatic carbocycles. The van der Waals surface area contributed by atoms with Crippen LogP contribution in [-0.4, -0.2) is 40.0 Å². The van der Waals surface area contributed by atoms with Crippen molar-refractivity contribution in [2.24, 2.45) is 0 Å². The fourth-order valence-corrected chi connectivity index (χ4v) is 2.77. The fourth-order valence-electron chi connectivity index (χ4n) is 2.77. The summed E-state index contributed by atoms with van der Waals surface area (Å²) in [4.78, 5) is 22.7. The minimum Gasteiger partial charge on any atom is -0.465 e. The summed E-state index contributed by atoms with van der Waals surface area (Å²) >= 11 is 0. The van der Waals surface area contributed by atoms with Gasteiger partial charge < -0.3 is 14.1 Å². The molecular formula is C18H21N3O3. The summed E-state index contributed by atoms with van der Waals surface area (Å²) in [5.41, 5.74) is 1.75. The molecule has 1 unspecified atom stereocenters. The summed E-state index contributed by atoms with van der Waals surface area (Å²) in [6.07, 6.45) is 6.51. The number of likely N-dealkylation sites (tertiary alicyclic amines) is 1. The van der Waals surface area contributed by atoms with E-state index in [2.05, 4.69) is 9.97 Å². The van der Waals surface area contributed by atoms with Gasteiger partial charge in [0.15, 0.2) is 0 Å². The van der Waals surface area contributed by atoms with E-state index in [1.54, 1.807) is 23.3 Å². The summed E-state index contributed by atoms with van der Waals surface area (Å²) in [5.74, 6) is 0.623. The molecule has 2 aromatic heterocycles. The van der Waals surface area contributed by atoms with Gasteiger partial charge in [-0.1, -0.05) is 0 Å². The molecule has 6 nitrogen and oxygen atoms in total. The number of hydrogen-bond donors (Lipinski definition) is 0. The summed E-state index contributed by atoms with van der Waals surface area (Å²) in [7, 11) is 0. The molecule has 1 fully saturated rings. The molecule has 0 N–H and O–H groups in total. The van der Waals surface area contributed by atoms with Crippen LogP contribution in [0.3, 0.4) is 0 Å². The molecule has 3 heterocycles. The molecule has 1 aliphatic rings. The van der Waals surface area contributed by atoms with Crippen molar-refractivity contribution in [3.63, 3.8) is 0 Å². The van der Waals surface area contributed by atoms with Crippen molar-refractivity contribution >= 4 is 12.0 Å². The van der Waals surface area contributed by atoms with Gasteiger partial charge in [-0.05, 0) is 51.0 Å². The standard InChI is InChI=1S/C18H21N3O3/c1-13-11-14(2)20-18(19-13)24-16-5-3-9-21(12-16)17(22)8-7-15-6-4-10-23-15/h4,6-8,10-11,16H,3,5,9,12H2,1-2H3/b8-7+. The first kappa shape index (κ1) is 16.2. The Morgan fingerprint density at radius 1 is 1.38 bits per heavy atom. The average Bonchev–Trinajstić information content (AvgIpc) is 3.05. The Morgan fingerprint density at radius 3 is 2.88 bits per heavy atom. The number of aryl methyl sites for hydroxylation is 2. The van der Waals surface area contributed by atoms with Crippen LogP contribution in [0.1, 0.15) is 30.0 Å². The van der Waals surface area contributed by atoms with Crippen molar-refractivity contribution in [2.75, 3.05) is 13.1 Å². The van der Waals surface area contributed by atoms with Gasteiger partial charge in [0.1, 0.15) is 11.9 Å².